The highest BCUT2D eigenvalue weighted by Gasteiger charge is 2.32. The maximum Gasteiger partial charge on any atom is 0.416 e. The van der Waals surface area contributed by atoms with E-state index >= 15 is 0 Å². The van der Waals surface area contributed by atoms with Crippen molar-refractivity contribution in [3.63, 3.8) is 0 Å². The fourth-order valence-corrected chi connectivity index (χ4v) is 11.9. The Kier molecular flexibility index (Phi) is 32.8. The fraction of sp³-hybridized carbons (Fsp3) is 0.472. The molecule has 4 aromatic rings. The van der Waals surface area contributed by atoms with E-state index in [-0.39, 0.29) is 115 Å². The van der Waals surface area contributed by atoms with Crippen LogP contribution in [0.25, 0.3) is 0 Å². The number of nitrogens with one attached hydrogen (secondary N) is 2. The predicted octanol–water partition coefficient (Wildman–Crippen LogP) is 6.75. The largest absolute Gasteiger partial charge is 0.508 e. The van der Waals surface area contributed by atoms with Gasteiger partial charge >= 0.3 is 6.18 Å². The van der Waals surface area contributed by atoms with E-state index in [4.69, 9.17) is 26.7 Å². The summed E-state index contributed by atoms with van der Waals surface area (Å²) < 4.78 is 51.9. The van der Waals surface area contributed by atoms with Crippen LogP contribution in [0, 0.1) is 23.7 Å². The van der Waals surface area contributed by atoms with Crippen molar-refractivity contribution in [2.24, 2.45) is 40.9 Å². The topological polar surface area (TPSA) is 314 Å². The number of amides is 7. The van der Waals surface area contributed by atoms with Gasteiger partial charge in [-0.3, -0.25) is 38.4 Å². The van der Waals surface area contributed by atoms with Crippen LogP contribution in [0.4, 0.5) is 13.2 Å². The second-order valence-electron chi connectivity index (χ2n) is 24.9. The average molecular weight is 1380 g/mol. The Bertz CT molecular complexity index is 3410. The van der Waals surface area contributed by atoms with Crippen LogP contribution in [0.1, 0.15) is 88.6 Å². The Morgan fingerprint density at radius 3 is 1.60 bits per heavy atom. The van der Waals surface area contributed by atoms with E-state index in [9.17, 15) is 61.7 Å². The summed E-state index contributed by atoms with van der Waals surface area (Å²) in [6, 6.07) is 23.4. The summed E-state index contributed by atoms with van der Waals surface area (Å²) in [7, 11) is 0. The molecule has 4 atom stereocenters. The number of phenols is 2. The first-order chi connectivity index (χ1) is 46.6. The first-order valence-electron chi connectivity index (χ1n) is 32.8. The third kappa shape index (κ3) is 27.3. The lowest BCUT2D eigenvalue weighted by atomic mass is 10.0. The minimum Gasteiger partial charge on any atom is -0.508 e. The van der Waals surface area contributed by atoms with Gasteiger partial charge in [0.15, 0.2) is 17.3 Å². The lowest BCUT2D eigenvalue weighted by Crippen LogP contribution is -2.47. The number of fused-ring (bicyclic) bond motifs is 1. The van der Waals surface area contributed by atoms with Crippen molar-refractivity contribution in [2.45, 2.75) is 92.9 Å². The van der Waals surface area contributed by atoms with Crippen LogP contribution in [-0.4, -0.2) is 186 Å². The van der Waals surface area contributed by atoms with E-state index in [1.54, 1.807) is 91.4 Å². The van der Waals surface area contributed by atoms with Crippen LogP contribution in [0.2, 0.25) is 0 Å². The number of ketones is 1. The number of hydrogen-bond donors (Lipinski definition) is 7. The van der Waals surface area contributed by atoms with Crippen LogP contribution in [-0.2, 0) is 70.5 Å². The molecule has 98 heavy (non-hydrogen) atoms. The SMILES string of the molecule is CSCC(CC(=O)CN(CCN)C(=O)CN(CCN)C(=O)CCCNC(=O)CN(Cc1ccc(C(F)(F)F)cc1)C(=O)[C@H](C)/C=C(\C)CN(CCc1ccc(O)cc1)C(=O)[C@H](C)/C=C(\C)CN(CCc1ccc(O)cc1)C(=O)[C@H](C)/C=C(\C)CNCc1ccc2c(c1)OCO2)C(N)=O. The fourth-order valence-electron chi connectivity index (χ4n) is 11.2. The molecular weight excluding hydrogens is 1290 g/mol. The van der Waals surface area contributed by atoms with Gasteiger partial charge in [0.2, 0.25) is 48.1 Å². The summed E-state index contributed by atoms with van der Waals surface area (Å²) >= 11 is 1.35. The Labute approximate surface area is 577 Å². The molecule has 0 aliphatic carbocycles. The molecule has 534 valence electrons. The number of ether oxygens (including phenoxy) is 2. The number of rotatable bonds is 41. The summed E-state index contributed by atoms with van der Waals surface area (Å²) in [5, 5.41) is 26.1. The van der Waals surface area contributed by atoms with Crippen LogP contribution < -0.4 is 37.3 Å². The Morgan fingerprint density at radius 2 is 1.09 bits per heavy atom. The number of Topliss-reactive ketones (excluding diaryl/α,β-unsaturated/α-hetero) is 1. The monoisotopic (exact) mass is 1380 g/mol. The number of aromatic hydroxyl groups is 2. The zero-order valence-corrected chi connectivity index (χ0v) is 58.1. The van der Waals surface area contributed by atoms with Gasteiger partial charge in [0.25, 0.3) is 0 Å². The molecule has 0 radical (unpaired) electrons. The molecule has 4 aromatic carbocycles. The number of thioether (sulfide) groups is 1. The van der Waals surface area contributed by atoms with Gasteiger partial charge in [0.1, 0.15) is 11.5 Å². The number of phenolic OH excluding ortho intramolecular Hbond substituents is 2. The van der Waals surface area contributed by atoms with E-state index in [1.165, 1.54) is 38.6 Å². The molecule has 0 spiro atoms. The van der Waals surface area contributed by atoms with Gasteiger partial charge in [-0.2, -0.15) is 24.9 Å². The Balaban J connectivity index is 1.29. The molecular formula is C72H97F3N10O12S. The minimum absolute atomic E-state index is 0.00241. The highest BCUT2D eigenvalue weighted by atomic mass is 32.2. The number of alkyl halides is 3. The summed E-state index contributed by atoms with van der Waals surface area (Å²) in [6.07, 6.45) is 3.26. The molecule has 7 amide bonds. The van der Waals surface area contributed by atoms with Crippen LogP contribution in [0.3, 0.4) is 0 Å². The normalized spacial score (nSPS) is 13.6. The number of carbonyl (C=O) groups is 8. The summed E-state index contributed by atoms with van der Waals surface area (Å²) in [6.45, 7) is 11.4. The van der Waals surface area contributed by atoms with Crippen LogP contribution in [0.5, 0.6) is 23.0 Å². The van der Waals surface area contributed by atoms with Gasteiger partial charge in [-0.25, -0.2) is 0 Å². The van der Waals surface area contributed by atoms with Crippen molar-refractivity contribution >= 4 is 58.9 Å². The molecule has 0 fully saturated rings. The molecule has 10 N–H and O–H groups in total. The molecule has 0 aromatic heterocycles. The maximum atomic E-state index is 14.8. The van der Waals surface area contributed by atoms with Crippen molar-refractivity contribution in [3.8, 4) is 23.0 Å². The van der Waals surface area contributed by atoms with Gasteiger partial charge in [0.05, 0.1) is 48.9 Å². The number of primary amides is 1. The Hall–Kier alpha value is -8.72. The lowest BCUT2D eigenvalue weighted by molar-refractivity contribution is -0.142. The number of carbonyl (C=O) groups excluding carboxylic acids is 8. The van der Waals surface area contributed by atoms with Crippen LogP contribution in [0.15, 0.2) is 126 Å². The van der Waals surface area contributed by atoms with E-state index in [2.05, 4.69) is 10.6 Å². The molecule has 22 nitrogen and oxygen atoms in total. The highest BCUT2D eigenvalue weighted by Crippen LogP contribution is 2.33. The van der Waals surface area contributed by atoms with Gasteiger partial charge in [0, 0.05) is 97.1 Å². The lowest BCUT2D eigenvalue weighted by Gasteiger charge is -2.28. The zero-order chi connectivity index (χ0) is 72.1. The van der Waals surface area contributed by atoms with Crippen LogP contribution >= 0.6 is 11.8 Å². The van der Waals surface area contributed by atoms with E-state index < -0.39 is 83.8 Å². The minimum atomic E-state index is -4.63. The van der Waals surface area contributed by atoms with Gasteiger partial charge in [-0.1, -0.05) is 98.2 Å². The van der Waals surface area contributed by atoms with Gasteiger partial charge in [-0.05, 0) is 117 Å². The third-order valence-electron chi connectivity index (χ3n) is 16.3. The summed E-state index contributed by atoms with van der Waals surface area (Å²) in [5.74, 6) is -4.56. The van der Waals surface area contributed by atoms with E-state index in [0.717, 1.165) is 40.0 Å². The molecule has 1 aliphatic heterocycles. The van der Waals surface area contributed by atoms with Gasteiger partial charge in [-0.15, -0.1) is 0 Å². The quantitative estimate of drug-likeness (QED) is 0.0179. The molecule has 5 rings (SSSR count). The van der Waals surface area contributed by atoms with Gasteiger partial charge < -0.3 is 72.0 Å². The number of halogens is 3. The second-order valence-corrected chi connectivity index (χ2v) is 25.8. The number of nitrogens with two attached hydrogens (primary N) is 3. The van der Waals surface area contributed by atoms with Crippen molar-refractivity contribution in [2.75, 3.05) is 104 Å². The molecule has 26 heteroatoms. The molecule has 0 bridgehead atoms. The number of nitrogens with zero attached hydrogens (tertiary/aromatic N) is 5. The Morgan fingerprint density at radius 1 is 0.602 bits per heavy atom. The van der Waals surface area contributed by atoms with Crippen molar-refractivity contribution in [1.82, 2.24) is 35.1 Å². The molecule has 1 aliphatic rings. The van der Waals surface area contributed by atoms with E-state index in [1.807, 2.05) is 51.1 Å². The molecule has 1 heterocycles. The first-order valence-corrected chi connectivity index (χ1v) is 34.2. The summed E-state index contributed by atoms with van der Waals surface area (Å²) in [5.41, 5.74) is 21.6. The van der Waals surface area contributed by atoms with Crippen molar-refractivity contribution < 1.29 is 71.2 Å². The zero-order valence-electron chi connectivity index (χ0n) is 57.2. The molecule has 0 saturated heterocycles. The number of benzene rings is 4. The predicted molar refractivity (Wildman–Crippen MR) is 371 cm³/mol. The highest BCUT2D eigenvalue weighted by molar-refractivity contribution is 7.98. The van der Waals surface area contributed by atoms with Crippen molar-refractivity contribution in [3.05, 3.63) is 154 Å². The molecule has 1 unspecified atom stereocenters. The van der Waals surface area contributed by atoms with E-state index in [0.29, 0.717) is 60.9 Å². The maximum absolute atomic E-state index is 14.8. The molecule has 0 saturated carbocycles. The standard InChI is InChI=1S/C72H97F3N10O12S/c1-48(38-79-39-57-16-23-63-64(36-57)97-47-96-63)33-51(4)69(93)83(29-24-54-12-19-60(86)20-13-54)40-49(2)34-52(5)70(94)84(30-25-55-14-21-61(87)22-15-55)41-50(3)35-53(6)71(95)85(42-56-10-17-59(18-11-56)72(73,74)75)44-65(89)80-28-8-9-66(90)82(32-27-77)45-67(91)81(31-26-76)43-62(88)37-58(46-98-7)68(78)92/h10-23,33-36,51-53,58,79,86-87H,8-9,24-32,37-47,76-77H2,1-7H3,(H2,78,92)(H,80,89)/b48-33+,49-34+,50-35+/t51-,52-,53-,58?/m1/s1. The second kappa shape index (κ2) is 40.2. The third-order valence-corrected chi connectivity index (χ3v) is 17.0. The smallest absolute Gasteiger partial charge is 0.416 e. The first kappa shape index (κ1) is 80.0. The average Bonchev–Trinajstić information content (AvgIpc) is 1.38. The van der Waals surface area contributed by atoms with Crippen molar-refractivity contribution in [1.29, 1.82) is 0 Å². The summed E-state index contributed by atoms with van der Waals surface area (Å²) in [4.78, 5) is 116. The number of hydrogen-bond acceptors (Lipinski definition) is 16.